The summed E-state index contributed by atoms with van der Waals surface area (Å²) < 4.78 is 41.4. The van der Waals surface area contributed by atoms with E-state index in [0.717, 1.165) is 44.6 Å². The van der Waals surface area contributed by atoms with Crippen molar-refractivity contribution < 1.29 is 22.7 Å². The van der Waals surface area contributed by atoms with Crippen LogP contribution >= 0.6 is 0 Å². The minimum atomic E-state index is -4.39. The first-order valence-electron chi connectivity index (χ1n) is 10.0. The molecule has 5 nitrogen and oxygen atoms in total. The van der Waals surface area contributed by atoms with Crippen LogP contribution in [0.15, 0.2) is 48.7 Å². The minimum Gasteiger partial charge on any atom is -0.484 e. The van der Waals surface area contributed by atoms with Crippen molar-refractivity contribution >= 4 is 5.91 Å². The Morgan fingerprint density at radius 3 is 2.47 bits per heavy atom. The number of carbonyl (C=O) groups excluding carboxylic acids is 1. The fourth-order valence-electron chi connectivity index (χ4n) is 3.58. The maximum atomic E-state index is 12.7. The van der Waals surface area contributed by atoms with Gasteiger partial charge in [-0.25, -0.2) is 0 Å². The highest BCUT2D eigenvalue weighted by Crippen LogP contribution is 2.21. The summed E-state index contributed by atoms with van der Waals surface area (Å²) in [6.45, 7) is 1.43. The van der Waals surface area contributed by atoms with Crippen LogP contribution < -0.4 is 4.74 Å². The van der Waals surface area contributed by atoms with E-state index in [2.05, 4.69) is 14.6 Å². The molecule has 0 unspecified atom stereocenters. The summed E-state index contributed by atoms with van der Waals surface area (Å²) in [5.74, 6) is -0.0444. The van der Waals surface area contributed by atoms with Crippen molar-refractivity contribution in [2.45, 2.75) is 31.5 Å². The number of rotatable bonds is 7. The summed E-state index contributed by atoms with van der Waals surface area (Å²) in [5.41, 5.74) is 1.52. The molecule has 0 N–H and O–H groups in total. The third-order valence-electron chi connectivity index (χ3n) is 5.34. The lowest BCUT2D eigenvalue weighted by Gasteiger charge is -2.36. The van der Waals surface area contributed by atoms with E-state index in [1.807, 2.05) is 18.2 Å². The van der Waals surface area contributed by atoms with Crippen molar-refractivity contribution in [1.29, 1.82) is 0 Å². The van der Waals surface area contributed by atoms with Crippen LogP contribution in [0.3, 0.4) is 0 Å². The number of hydrogen-bond donors (Lipinski definition) is 0. The van der Waals surface area contributed by atoms with Gasteiger partial charge in [-0.3, -0.25) is 9.78 Å². The molecule has 1 amide bonds. The number of ether oxygens (including phenoxy) is 1. The molecule has 0 saturated carbocycles. The summed E-state index contributed by atoms with van der Waals surface area (Å²) in [4.78, 5) is 21.2. The van der Waals surface area contributed by atoms with Gasteiger partial charge in [-0.05, 0) is 49.2 Å². The van der Waals surface area contributed by atoms with E-state index in [4.69, 9.17) is 0 Å². The van der Waals surface area contributed by atoms with Gasteiger partial charge in [-0.15, -0.1) is 0 Å². The highest BCUT2D eigenvalue weighted by molar-refractivity contribution is 5.94. The molecule has 0 spiro atoms. The maximum absolute atomic E-state index is 12.7. The molecular formula is C22H26F3N3O2. The molecule has 1 aliphatic heterocycles. The molecule has 2 aromatic rings. The Balaban J connectivity index is 1.46. The second kappa shape index (κ2) is 9.93. The molecule has 1 aromatic carbocycles. The van der Waals surface area contributed by atoms with Gasteiger partial charge in [0.15, 0.2) is 6.61 Å². The van der Waals surface area contributed by atoms with E-state index >= 15 is 0 Å². The number of likely N-dealkylation sites (tertiary alicyclic amines) is 1. The SMILES string of the molecule is CN(C(=O)c1ccc(OCC(F)(F)F)cc1)C1CCN(CCc2ccccn2)CC1. The Morgan fingerprint density at radius 2 is 1.87 bits per heavy atom. The first-order valence-corrected chi connectivity index (χ1v) is 10.0. The quantitative estimate of drug-likeness (QED) is 0.682. The van der Waals surface area contributed by atoms with Crippen LogP contribution in [0.25, 0.3) is 0 Å². The van der Waals surface area contributed by atoms with Gasteiger partial charge >= 0.3 is 6.18 Å². The fraction of sp³-hybridized carbons (Fsp3) is 0.455. The average molecular weight is 421 g/mol. The summed E-state index contributed by atoms with van der Waals surface area (Å²) in [6.07, 6.45) is 0.0931. The third-order valence-corrected chi connectivity index (χ3v) is 5.34. The monoisotopic (exact) mass is 421 g/mol. The number of piperidine rings is 1. The molecule has 2 heterocycles. The minimum absolute atomic E-state index is 0.0905. The molecule has 0 radical (unpaired) electrons. The first-order chi connectivity index (χ1) is 14.3. The van der Waals surface area contributed by atoms with Crippen molar-refractivity contribution in [3.05, 3.63) is 59.9 Å². The van der Waals surface area contributed by atoms with Crippen LogP contribution in [-0.2, 0) is 6.42 Å². The van der Waals surface area contributed by atoms with E-state index in [9.17, 15) is 18.0 Å². The maximum Gasteiger partial charge on any atom is 0.422 e. The predicted octanol–water partition coefficient (Wildman–Crippen LogP) is 3.80. The Labute approximate surface area is 174 Å². The van der Waals surface area contributed by atoms with Gasteiger partial charge in [-0.1, -0.05) is 6.07 Å². The first kappa shape index (κ1) is 22.1. The number of alkyl halides is 3. The molecule has 8 heteroatoms. The van der Waals surface area contributed by atoms with Gasteiger partial charge in [0.25, 0.3) is 5.91 Å². The number of benzene rings is 1. The molecule has 0 atom stereocenters. The lowest BCUT2D eigenvalue weighted by molar-refractivity contribution is -0.153. The number of pyridine rings is 1. The second-order valence-electron chi connectivity index (χ2n) is 7.49. The lowest BCUT2D eigenvalue weighted by atomic mass is 10.0. The average Bonchev–Trinajstić information content (AvgIpc) is 2.76. The zero-order valence-corrected chi connectivity index (χ0v) is 16.9. The smallest absolute Gasteiger partial charge is 0.422 e. The molecule has 0 bridgehead atoms. The van der Waals surface area contributed by atoms with Crippen LogP contribution in [0.4, 0.5) is 13.2 Å². The van der Waals surface area contributed by atoms with Crippen LogP contribution in [0, 0.1) is 0 Å². The van der Waals surface area contributed by atoms with Crippen molar-refractivity contribution in [3.8, 4) is 5.75 Å². The largest absolute Gasteiger partial charge is 0.484 e. The Morgan fingerprint density at radius 1 is 1.17 bits per heavy atom. The molecule has 0 aliphatic carbocycles. The van der Waals surface area contributed by atoms with Crippen molar-refractivity contribution in [3.63, 3.8) is 0 Å². The second-order valence-corrected chi connectivity index (χ2v) is 7.49. The highest BCUT2D eigenvalue weighted by Gasteiger charge is 2.29. The van der Waals surface area contributed by atoms with E-state index in [1.165, 1.54) is 24.3 Å². The van der Waals surface area contributed by atoms with Crippen LogP contribution in [0.2, 0.25) is 0 Å². The van der Waals surface area contributed by atoms with Crippen molar-refractivity contribution in [1.82, 2.24) is 14.8 Å². The number of aromatic nitrogens is 1. The lowest BCUT2D eigenvalue weighted by Crippen LogP contribution is -2.46. The summed E-state index contributed by atoms with van der Waals surface area (Å²) >= 11 is 0. The molecule has 162 valence electrons. The van der Waals surface area contributed by atoms with Crippen LogP contribution in [0.1, 0.15) is 28.9 Å². The van der Waals surface area contributed by atoms with Crippen molar-refractivity contribution in [2.24, 2.45) is 0 Å². The molecular weight excluding hydrogens is 395 g/mol. The van der Waals surface area contributed by atoms with Crippen LogP contribution in [-0.4, -0.2) is 66.2 Å². The van der Waals surface area contributed by atoms with Gasteiger partial charge < -0.3 is 14.5 Å². The van der Waals surface area contributed by atoms with Crippen molar-refractivity contribution in [2.75, 3.05) is 33.3 Å². The summed E-state index contributed by atoms with van der Waals surface area (Å²) in [5, 5.41) is 0. The standard InChI is InChI=1S/C22H26F3N3O2/c1-27(21(29)17-5-7-20(8-6-17)30-16-22(23,24)25)19-10-14-28(15-11-19)13-9-18-4-2-3-12-26-18/h2-8,12,19H,9-11,13-16H2,1H3. The number of halogens is 3. The summed E-state index contributed by atoms with van der Waals surface area (Å²) in [7, 11) is 1.78. The molecule has 30 heavy (non-hydrogen) atoms. The van der Waals surface area contributed by atoms with E-state index in [0.29, 0.717) is 5.56 Å². The normalized spacial score (nSPS) is 15.7. The Hall–Kier alpha value is -2.61. The van der Waals surface area contributed by atoms with E-state index in [1.54, 1.807) is 18.1 Å². The highest BCUT2D eigenvalue weighted by atomic mass is 19.4. The van der Waals surface area contributed by atoms with Gasteiger partial charge in [0.1, 0.15) is 5.75 Å². The molecule has 1 saturated heterocycles. The fourth-order valence-corrected chi connectivity index (χ4v) is 3.58. The van der Waals surface area contributed by atoms with Gasteiger partial charge in [0, 0.05) is 56.6 Å². The molecule has 1 aliphatic rings. The predicted molar refractivity (Wildman–Crippen MR) is 107 cm³/mol. The zero-order chi connectivity index (χ0) is 21.6. The van der Waals surface area contributed by atoms with Gasteiger partial charge in [0.2, 0.25) is 0 Å². The Kier molecular flexibility index (Phi) is 7.31. The molecule has 3 rings (SSSR count). The van der Waals surface area contributed by atoms with E-state index in [-0.39, 0.29) is 17.7 Å². The van der Waals surface area contributed by atoms with E-state index < -0.39 is 12.8 Å². The third kappa shape index (κ3) is 6.45. The number of nitrogens with zero attached hydrogens (tertiary/aromatic N) is 3. The summed E-state index contributed by atoms with van der Waals surface area (Å²) in [6, 6.07) is 11.9. The van der Waals surface area contributed by atoms with Gasteiger partial charge in [0.05, 0.1) is 0 Å². The number of amides is 1. The molecule has 1 fully saturated rings. The number of carbonyl (C=O) groups is 1. The van der Waals surface area contributed by atoms with Crippen LogP contribution in [0.5, 0.6) is 5.75 Å². The number of hydrogen-bond acceptors (Lipinski definition) is 4. The zero-order valence-electron chi connectivity index (χ0n) is 16.9. The Bertz CT molecular complexity index is 805. The topological polar surface area (TPSA) is 45.7 Å². The molecule has 1 aromatic heterocycles. The van der Waals surface area contributed by atoms with Gasteiger partial charge in [-0.2, -0.15) is 13.2 Å².